The van der Waals surface area contributed by atoms with E-state index in [-0.39, 0.29) is 0 Å². The minimum atomic E-state index is 0.647. The lowest BCUT2D eigenvalue weighted by molar-refractivity contribution is 0.902. The highest BCUT2D eigenvalue weighted by atomic mass is 15.0. The highest BCUT2D eigenvalue weighted by Crippen LogP contribution is 2.27. The molecule has 2 aromatic rings. The van der Waals surface area contributed by atoms with Crippen molar-refractivity contribution < 1.29 is 0 Å². The van der Waals surface area contributed by atoms with Gasteiger partial charge in [0.05, 0.1) is 17.3 Å². The summed E-state index contributed by atoms with van der Waals surface area (Å²) in [5, 5.41) is 12.3. The molecule has 0 radical (unpaired) electrons. The minimum absolute atomic E-state index is 0.647. The van der Waals surface area contributed by atoms with Gasteiger partial charge in [-0.05, 0) is 25.5 Å². The average molecular weight is 266 g/mol. The number of nitriles is 1. The number of hydrogen-bond acceptors (Lipinski definition) is 4. The first-order chi connectivity index (χ1) is 9.80. The Hall–Kier alpha value is -2.41. The third-order valence-electron chi connectivity index (χ3n) is 3.05. The largest absolute Gasteiger partial charge is 0.370 e. The van der Waals surface area contributed by atoms with Crippen LogP contribution in [0.15, 0.2) is 30.6 Å². The number of aromatic nitrogens is 2. The fourth-order valence-corrected chi connectivity index (χ4v) is 2.20. The fourth-order valence-electron chi connectivity index (χ4n) is 2.20. The maximum atomic E-state index is 9.03. The van der Waals surface area contributed by atoms with Crippen LogP contribution in [-0.2, 0) is 6.42 Å². The summed E-state index contributed by atoms with van der Waals surface area (Å²) < 4.78 is 0. The second-order valence-corrected chi connectivity index (χ2v) is 4.52. The first-order valence-electron chi connectivity index (χ1n) is 6.88. The fraction of sp³-hybridized carbons (Fsp3) is 0.312. The van der Waals surface area contributed by atoms with Crippen LogP contribution in [0.25, 0.3) is 11.3 Å². The zero-order valence-electron chi connectivity index (χ0n) is 11.8. The van der Waals surface area contributed by atoms with Crippen LogP contribution in [0, 0.1) is 11.3 Å². The van der Waals surface area contributed by atoms with E-state index in [1.165, 1.54) is 0 Å². The summed E-state index contributed by atoms with van der Waals surface area (Å²) >= 11 is 0. The van der Waals surface area contributed by atoms with Crippen LogP contribution in [0.5, 0.6) is 0 Å². The molecule has 0 fully saturated rings. The normalized spacial score (nSPS) is 10.1. The van der Waals surface area contributed by atoms with Crippen molar-refractivity contribution >= 4 is 5.82 Å². The molecule has 0 spiro atoms. The summed E-state index contributed by atoms with van der Waals surface area (Å²) in [5.74, 6) is 0.890. The SMILES string of the molecule is CCCc1c(NCC)ncnc1-c1cccc(C#N)c1. The predicted octanol–water partition coefficient (Wildman–Crippen LogP) is 3.40. The molecule has 102 valence electrons. The molecule has 1 aromatic carbocycles. The number of nitrogens with one attached hydrogen (secondary N) is 1. The zero-order valence-corrected chi connectivity index (χ0v) is 11.8. The summed E-state index contributed by atoms with van der Waals surface area (Å²) in [7, 11) is 0. The van der Waals surface area contributed by atoms with Gasteiger partial charge in [0.2, 0.25) is 0 Å². The van der Waals surface area contributed by atoms with Gasteiger partial charge in [-0.3, -0.25) is 0 Å². The quantitative estimate of drug-likeness (QED) is 0.901. The molecule has 4 heteroatoms. The van der Waals surface area contributed by atoms with Crippen molar-refractivity contribution in [3.8, 4) is 17.3 Å². The van der Waals surface area contributed by atoms with Crippen molar-refractivity contribution in [2.45, 2.75) is 26.7 Å². The summed E-state index contributed by atoms with van der Waals surface area (Å²) in [5.41, 5.74) is 3.64. The number of anilines is 1. The molecule has 0 saturated heterocycles. The molecule has 0 aliphatic heterocycles. The molecule has 0 bridgehead atoms. The maximum absolute atomic E-state index is 9.03. The van der Waals surface area contributed by atoms with Gasteiger partial charge >= 0.3 is 0 Å². The Morgan fingerprint density at radius 1 is 1.25 bits per heavy atom. The molecule has 1 heterocycles. The second kappa shape index (κ2) is 6.67. The van der Waals surface area contributed by atoms with Crippen molar-refractivity contribution in [3.63, 3.8) is 0 Å². The molecule has 20 heavy (non-hydrogen) atoms. The summed E-state index contributed by atoms with van der Waals surface area (Å²) in [6.07, 6.45) is 3.51. The molecule has 0 amide bonds. The molecule has 1 N–H and O–H groups in total. The van der Waals surface area contributed by atoms with Crippen LogP contribution in [0.4, 0.5) is 5.82 Å². The first-order valence-corrected chi connectivity index (χ1v) is 6.88. The van der Waals surface area contributed by atoms with Crippen LogP contribution in [0.1, 0.15) is 31.4 Å². The first kappa shape index (κ1) is 14.0. The zero-order chi connectivity index (χ0) is 14.4. The van der Waals surface area contributed by atoms with Gasteiger partial charge < -0.3 is 5.32 Å². The van der Waals surface area contributed by atoms with E-state index < -0.39 is 0 Å². The monoisotopic (exact) mass is 266 g/mol. The van der Waals surface area contributed by atoms with Gasteiger partial charge in [-0.25, -0.2) is 9.97 Å². The van der Waals surface area contributed by atoms with E-state index in [4.69, 9.17) is 5.26 Å². The van der Waals surface area contributed by atoms with Crippen molar-refractivity contribution in [1.29, 1.82) is 5.26 Å². The lowest BCUT2D eigenvalue weighted by atomic mass is 10.0. The van der Waals surface area contributed by atoms with Crippen molar-refractivity contribution in [2.24, 2.45) is 0 Å². The van der Waals surface area contributed by atoms with Crippen molar-refractivity contribution in [1.82, 2.24) is 9.97 Å². The van der Waals surface area contributed by atoms with E-state index in [1.807, 2.05) is 25.1 Å². The maximum Gasteiger partial charge on any atom is 0.133 e. The van der Waals surface area contributed by atoms with Gasteiger partial charge in [0.1, 0.15) is 12.1 Å². The predicted molar refractivity (Wildman–Crippen MR) is 80.3 cm³/mol. The highest BCUT2D eigenvalue weighted by Gasteiger charge is 2.12. The smallest absolute Gasteiger partial charge is 0.133 e. The molecule has 4 nitrogen and oxygen atoms in total. The Bertz CT molecular complexity index is 629. The third kappa shape index (κ3) is 2.94. The molecule has 2 rings (SSSR count). The average Bonchev–Trinajstić information content (AvgIpc) is 2.49. The second-order valence-electron chi connectivity index (χ2n) is 4.52. The van der Waals surface area contributed by atoms with E-state index in [1.54, 1.807) is 12.4 Å². The van der Waals surface area contributed by atoms with E-state index in [0.29, 0.717) is 5.56 Å². The van der Waals surface area contributed by atoms with Gasteiger partial charge in [0.25, 0.3) is 0 Å². The Morgan fingerprint density at radius 2 is 2.10 bits per heavy atom. The lowest BCUT2D eigenvalue weighted by Crippen LogP contribution is -2.06. The van der Waals surface area contributed by atoms with E-state index in [0.717, 1.165) is 42.0 Å². The van der Waals surface area contributed by atoms with Gasteiger partial charge in [0, 0.05) is 17.7 Å². The van der Waals surface area contributed by atoms with E-state index >= 15 is 0 Å². The molecule has 1 aromatic heterocycles. The van der Waals surface area contributed by atoms with Crippen LogP contribution in [0.2, 0.25) is 0 Å². The topological polar surface area (TPSA) is 61.6 Å². The van der Waals surface area contributed by atoms with Crippen molar-refractivity contribution in [3.05, 3.63) is 41.7 Å². The molecule has 0 saturated carbocycles. The Balaban J connectivity index is 2.54. The Labute approximate surface area is 119 Å². The van der Waals surface area contributed by atoms with Gasteiger partial charge in [0.15, 0.2) is 0 Å². The van der Waals surface area contributed by atoms with Crippen LogP contribution in [-0.4, -0.2) is 16.5 Å². The summed E-state index contributed by atoms with van der Waals surface area (Å²) in [6.45, 7) is 5.01. The van der Waals surface area contributed by atoms with Gasteiger partial charge in [-0.15, -0.1) is 0 Å². The molecular weight excluding hydrogens is 248 g/mol. The summed E-state index contributed by atoms with van der Waals surface area (Å²) in [6, 6.07) is 9.71. The summed E-state index contributed by atoms with van der Waals surface area (Å²) in [4.78, 5) is 8.75. The Kier molecular flexibility index (Phi) is 4.67. The van der Waals surface area contributed by atoms with Crippen molar-refractivity contribution in [2.75, 3.05) is 11.9 Å². The van der Waals surface area contributed by atoms with E-state index in [9.17, 15) is 0 Å². The van der Waals surface area contributed by atoms with Gasteiger partial charge in [-0.2, -0.15) is 5.26 Å². The molecule has 0 aliphatic rings. The van der Waals surface area contributed by atoms with Crippen LogP contribution in [0.3, 0.4) is 0 Å². The minimum Gasteiger partial charge on any atom is -0.370 e. The molecule has 0 aliphatic carbocycles. The van der Waals surface area contributed by atoms with E-state index in [2.05, 4.69) is 28.3 Å². The number of hydrogen-bond donors (Lipinski definition) is 1. The highest BCUT2D eigenvalue weighted by molar-refractivity contribution is 5.69. The lowest BCUT2D eigenvalue weighted by Gasteiger charge is -2.13. The number of benzene rings is 1. The van der Waals surface area contributed by atoms with Crippen LogP contribution >= 0.6 is 0 Å². The molecule has 0 atom stereocenters. The standard InChI is InChI=1S/C16H18N4/c1-3-6-14-15(19-11-20-16(14)18-4-2)13-8-5-7-12(9-13)10-17/h5,7-9,11H,3-4,6H2,1-2H3,(H,18,19,20). The number of nitrogens with zero attached hydrogens (tertiary/aromatic N) is 3. The van der Waals surface area contributed by atoms with Crippen LogP contribution < -0.4 is 5.32 Å². The third-order valence-corrected chi connectivity index (χ3v) is 3.05. The van der Waals surface area contributed by atoms with Gasteiger partial charge in [-0.1, -0.05) is 25.5 Å². The molecular formula is C16H18N4. The Morgan fingerprint density at radius 3 is 2.80 bits per heavy atom. The molecule has 0 unspecified atom stereocenters. The number of rotatable bonds is 5.